The molecule has 0 spiro atoms. The number of rotatable bonds is 6. The van der Waals surface area contributed by atoms with Gasteiger partial charge in [-0.1, -0.05) is 61.7 Å². The molecule has 0 aromatic heterocycles. The van der Waals surface area contributed by atoms with E-state index in [0.717, 1.165) is 31.2 Å². The quantitative estimate of drug-likeness (QED) is 0.515. The highest BCUT2D eigenvalue weighted by Crippen LogP contribution is 2.25. The van der Waals surface area contributed by atoms with Gasteiger partial charge in [-0.2, -0.15) is 5.10 Å². The molecule has 2 aromatic rings. The molecule has 0 radical (unpaired) electrons. The van der Waals surface area contributed by atoms with Crippen molar-refractivity contribution in [3.05, 3.63) is 65.7 Å². The first-order valence-electron chi connectivity index (χ1n) is 10.0. The Morgan fingerprint density at radius 2 is 1.76 bits per heavy atom. The zero-order valence-corrected chi connectivity index (χ0v) is 16.6. The standard InChI is InChI=1S/C23H27N3O3/c1-16(25-26-23(29)21(27)17-9-4-2-5-10-17)19-13-8-14-20(15-19)24-22(28)18-11-6-3-7-12-18/h2,4-5,8-10,13-15,18,21,27H,3,6-7,11-12H2,1H3,(H,24,28)(H,26,29)/b25-16+/t21-/m0/s1. The van der Waals surface area contributed by atoms with E-state index in [4.69, 9.17) is 0 Å². The van der Waals surface area contributed by atoms with Crippen molar-refractivity contribution in [1.82, 2.24) is 5.43 Å². The van der Waals surface area contributed by atoms with E-state index in [9.17, 15) is 14.7 Å². The molecule has 152 valence electrons. The predicted molar refractivity (Wildman–Crippen MR) is 113 cm³/mol. The Morgan fingerprint density at radius 3 is 2.48 bits per heavy atom. The lowest BCUT2D eigenvalue weighted by atomic mass is 9.88. The highest BCUT2D eigenvalue weighted by atomic mass is 16.3. The van der Waals surface area contributed by atoms with Crippen molar-refractivity contribution in [2.75, 3.05) is 5.32 Å². The Kier molecular flexibility index (Phi) is 7.14. The molecule has 0 unspecified atom stereocenters. The molecule has 1 saturated carbocycles. The summed E-state index contributed by atoms with van der Waals surface area (Å²) in [4.78, 5) is 24.6. The third kappa shape index (κ3) is 5.74. The fourth-order valence-corrected chi connectivity index (χ4v) is 3.48. The highest BCUT2D eigenvalue weighted by molar-refractivity contribution is 6.01. The Labute approximate surface area is 171 Å². The van der Waals surface area contributed by atoms with E-state index < -0.39 is 12.0 Å². The fraction of sp³-hybridized carbons (Fsp3) is 0.348. The van der Waals surface area contributed by atoms with Crippen LogP contribution in [0.5, 0.6) is 0 Å². The normalized spacial score (nSPS) is 16.1. The number of nitrogens with zero attached hydrogens (tertiary/aromatic N) is 1. The number of hydrogen-bond acceptors (Lipinski definition) is 4. The highest BCUT2D eigenvalue weighted by Gasteiger charge is 2.21. The number of nitrogens with one attached hydrogen (secondary N) is 2. The summed E-state index contributed by atoms with van der Waals surface area (Å²) < 4.78 is 0. The molecule has 3 rings (SSSR count). The van der Waals surface area contributed by atoms with Crippen molar-refractivity contribution in [1.29, 1.82) is 0 Å². The van der Waals surface area contributed by atoms with Gasteiger partial charge in [-0.15, -0.1) is 0 Å². The van der Waals surface area contributed by atoms with Gasteiger partial charge in [-0.3, -0.25) is 9.59 Å². The monoisotopic (exact) mass is 393 g/mol. The SMILES string of the molecule is C/C(=N\NC(=O)[C@@H](O)c1ccccc1)c1cccc(NC(=O)C2CCCCC2)c1. The number of amides is 2. The van der Waals surface area contributed by atoms with Crippen LogP contribution >= 0.6 is 0 Å². The third-order valence-electron chi connectivity index (χ3n) is 5.22. The van der Waals surface area contributed by atoms with Crippen molar-refractivity contribution in [2.24, 2.45) is 11.0 Å². The van der Waals surface area contributed by atoms with E-state index in [1.165, 1.54) is 6.42 Å². The van der Waals surface area contributed by atoms with Crippen LogP contribution in [0.25, 0.3) is 0 Å². The molecule has 1 aliphatic carbocycles. The second-order valence-corrected chi connectivity index (χ2v) is 7.39. The predicted octanol–water partition coefficient (Wildman–Crippen LogP) is 3.78. The molecule has 1 aliphatic rings. The smallest absolute Gasteiger partial charge is 0.273 e. The Bertz CT molecular complexity index is 874. The average Bonchev–Trinajstić information content (AvgIpc) is 2.78. The molecule has 0 saturated heterocycles. The van der Waals surface area contributed by atoms with Gasteiger partial charge in [-0.05, 0) is 43.0 Å². The molecule has 1 fully saturated rings. The topological polar surface area (TPSA) is 90.8 Å². The molecule has 0 bridgehead atoms. The third-order valence-corrected chi connectivity index (χ3v) is 5.22. The van der Waals surface area contributed by atoms with E-state index in [1.807, 2.05) is 30.3 Å². The van der Waals surface area contributed by atoms with E-state index in [2.05, 4.69) is 15.8 Å². The van der Waals surface area contributed by atoms with Crippen molar-refractivity contribution in [2.45, 2.75) is 45.1 Å². The number of aliphatic hydroxyl groups is 1. The Morgan fingerprint density at radius 1 is 1.03 bits per heavy atom. The maximum atomic E-state index is 12.4. The van der Waals surface area contributed by atoms with Gasteiger partial charge in [0.1, 0.15) is 0 Å². The lowest BCUT2D eigenvalue weighted by Crippen LogP contribution is -2.26. The van der Waals surface area contributed by atoms with Crippen LogP contribution in [0.15, 0.2) is 59.7 Å². The minimum absolute atomic E-state index is 0.0655. The molecule has 0 aliphatic heterocycles. The lowest BCUT2D eigenvalue weighted by Gasteiger charge is -2.20. The molecular weight excluding hydrogens is 366 g/mol. The number of benzene rings is 2. The summed E-state index contributed by atoms with van der Waals surface area (Å²) in [5, 5.41) is 17.2. The summed E-state index contributed by atoms with van der Waals surface area (Å²) in [5.41, 5.74) is 4.97. The van der Waals surface area contributed by atoms with E-state index in [-0.39, 0.29) is 11.8 Å². The van der Waals surface area contributed by atoms with Crippen LogP contribution in [0.1, 0.15) is 56.3 Å². The summed E-state index contributed by atoms with van der Waals surface area (Å²) in [5.74, 6) is -0.450. The second kappa shape index (κ2) is 9.98. The van der Waals surface area contributed by atoms with Crippen molar-refractivity contribution in [3.63, 3.8) is 0 Å². The summed E-state index contributed by atoms with van der Waals surface area (Å²) in [7, 11) is 0. The van der Waals surface area contributed by atoms with Gasteiger partial charge < -0.3 is 10.4 Å². The van der Waals surface area contributed by atoms with Crippen LogP contribution in [-0.2, 0) is 9.59 Å². The van der Waals surface area contributed by atoms with Crippen LogP contribution in [-0.4, -0.2) is 22.6 Å². The van der Waals surface area contributed by atoms with E-state index >= 15 is 0 Å². The summed E-state index contributed by atoms with van der Waals surface area (Å²) >= 11 is 0. The first kappa shape index (κ1) is 20.7. The fourth-order valence-electron chi connectivity index (χ4n) is 3.48. The van der Waals surface area contributed by atoms with Gasteiger partial charge in [0.05, 0.1) is 5.71 Å². The number of anilines is 1. The molecule has 29 heavy (non-hydrogen) atoms. The Balaban J connectivity index is 1.61. The van der Waals surface area contributed by atoms with Gasteiger partial charge in [0, 0.05) is 11.6 Å². The number of hydrazone groups is 1. The Hall–Kier alpha value is -2.99. The first-order valence-corrected chi connectivity index (χ1v) is 10.0. The number of carbonyl (C=O) groups is 2. The van der Waals surface area contributed by atoms with Crippen LogP contribution in [0, 0.1) is 5.92 Å². The molecule has 0 heterocycles. The van der Waals surface area contributed by atoms with E-state index in [0.29, 0.717) is 17.0 Å². The van der Waals surface area contributed by atoms with Gasteiger partial charge >= 0.3 is 0 Å². The molecular formula is C23H27N3O3. The minimum atomic E-state index is -1.28. The number of hydrogen-bond donors (Lipinski definition) is 3. The number of aliphatic hydroxyl groups excluding tert-OH is 1. The molecule has 1 atom stereocenters. The zero-order chi connectivity index (χ0) is 20.6. The van der Waals surface area contributed by atoms with Crippen LogP contribution in [0.4, 0.5) is 5.69 Å². The molecule has 6 heteroatoms. The summed E-state index contributed by atoms with van der Waals surface area (Å²) in [6.45, 7) is 1.76. The van der Waals surface area contributed by atoms with Gasteiger partial charge in [-0.25, -0.2) is 5.43 Å². The maximum Gasteiger partial charge on any atom is 0.273 e. The average molecular weight is 393 g/mol. The second-order valence-electron chi connectivity index (χ2n) is 7.39. The first-order chi connectivity index (χ1) is 14.0. The minimum Gasteiger partial charge on any atom is -0.378 e. The van der Waals surface area contributed by atoms with Crippen molar-refractivity contribution >= 4 is 23.2 Å². The molecule has 6 nitrogen and oxygen atoms in total. The van der Waals surface area contributed by atoms with Crippen molar-refractivity contribution < 1.29 is 14.7 Å². The van der Waals surface area contributed by atoms with Crippen LogP contribution in [0.3, 0.4) is 0 Å². The van der Waals surface area contributed by atoms with Gasteiger partial charge in [0.25, 0.3) is 5.91 Å². The summed E-state index contributed by atoms with van der Waals surface area (Å²) in [6.07, 6.45) is 4.04. The van der Waals surface area contributed by atoms with Gasteiger partial charge in [0.15, 0.2) is 6.10 Å². The van der Waals surface area contributed by atoms with Crippen molar-refractivity contribution in [3.8, 4) is 0 Å². The van der Waals surface area contributed by atoms with Crippen LogP contribution < -0.4 is 10.7 Å². The van der Waals surface area contributed by atoms with Gasteiger partial charge in [0.2, 0.25) is 5.91 Å². The molecule has 2 amide bonds. The van der Waals surface area contributed by atoms with E-state index in [1.54, 1.807) is 31.2 Å². The molecule has 2 aromatic carbocycles. The lowest BCUT2D eigenvalue weighted by molar-refractivity contribution is -0.129. The summed E-state index contributed by atoms with van der Waals surface area (Å²) in [6, 6.07) is 16.1. The largest absolute Gasteiger partial charge is 0.378 e. The van der Waals surface area contributed by atoms with Crippen LogP contribution in [0.2, 0.25) is 0 Å². The zero-order valence-electron chi connectivity index (χ0n) is 16.6. The number of carbonyl (C=O) groups excluding carboxylic acids is 2. The molecule has 3 N–H and O–H groups in total. The maximum absolute atomic E-state index is 12.4.